The number of furan rings is 2. The van der Waals surface area contributed by atoms with Crippen LogP contribution >= 0.6 is 11.6 Å². The lowest BCUT2D eigenvalue weighted by molar-refractivity contribution is 0.368. The fraction of sp³-hybridized carbons (Fsp3) is 0. The van der Waals surface area contributed by atoms with Crippen molar-refractivity contribution in [2.24, 2.45) is 0 Å². The van der Waals surface area contributed by atoms with Gasteiger partial charge in [0.05, 0.1) is 5.56 Å². The molecule has 0 unspecified atom stereocenters. The molecule has 16 rings (SSSR count). The van der Waals surface area contributed by atoms with E-state index in [9.17, 15) is 15.3 Å². The molecule has 83 heavy (non-hydrogen) atoms. The third-order valence-corrected chi connectivity index (χ3v) is 16.9. The van der Waals surface area contributed by atoms with E-state index >= 15 is 0 Å². The zero-order chi connectivity index (χ0) is 55.4. The van der Waals surface area contributed by atoms with Crippen LogP contribution in [0.2, 0.25) is 5.02 Å². The number of ether oxygens (including phenoxy) is 1. The van der Waals surface area contributed by atoms with E-state index in [0.717, 1.165) is 115 Å². The summed E-state index contributed by atoms with van der Waals surface area (Å²) in [4.78, 5) is 0. The van der Waals surface area contributed by atoms with Gasteiger partial charge in [0.2, 0.25) is 5.75 Å². The van der Waals surface area contributed by atoms with Crippen LogP contribution in [0.5, 0.6) is 28.7 Å². The third-order valence-electron chi connectivity index (χ3n) is 16.6. The van der Waals surface area contributed by atoms with Crippen LogP contribution in [0.15, 0.2) is 264 Å². The molecule has 392 valence electrons. The number of hydrogen-bond acceptors (Lipinski definition) is 6. The smallest absolute Gasteiger partial charge is 0.203 e. The average Bonchev–Trinajstić information content (AvgIpc) is 4.25. The number of fused-ring (bicyclic) bond motifs is 10. The van der Waals surface area contributed by atoms with Crippen molar-refractivity contribution in [3.8, 4) is 95.5 Å². The minimum absolute atomic E-state index is 0.0288. The van der Waals surface area contributed by atoms with Gasteiger partial charge in [-0.25, -0.2) is 0 Å². The maximum absolute atomic E-state index is 12.3. The van der Waals surface area contributed by atoms with Crippen molar-refractivity contribution >= 4 is 98.6 Å². The highest BCUT2D eigenvalue weighted by Gasteiger charge is 2.30. The molecular weight excluding hydrogens is 1040 g/mol. The number of para-hydroxylation sites is 2. The summed E-state index contributed by atoms with van der Waals surface area (Å²) in [6, 6.07) is 86.1. The number of rotatable bonds is 8. The minimum Gasteiger partial charge on any atom is -0.505 e. The number of benzene rings is 14. The molecule has 0 aliphatic heterocycles. The van der Waals surface area contributed by atoms with Crippen molar-refractivity contribution in [1.29, 1.82) is 0 Å². The van der Waals surface area contributed by atoms with E-state index in [4.69, 9.17) is 25.2 Å². The van der Waals surface area contributed by atoms with Gasteiger partial charge in [0, 0.05) is 38.2 Å². The molecule has 0 aliphatic carbocycles. The highest BCUT2D eigenvalue weighted by atomic mass is 35.5. The number of halogens is 1. The zero-order valence-corrected chi connectivity index (χ0v) is 44.9. The normalized spacial score (nSPS) is 11.8. The van der Waals surface area contributed by atoms with Crippen molar-refractivity contribution in [1.82, 2.24) is 0 Å². The Balaban J connectivity index is 0.802. The van der Waals surface area contributed by atoms with E-state index in [1.807, 2.05) is 115 Å². The molecule has 0 saturated carbocycles. The third kappa shape index (κ3) is 7.36. The molecular formula is C76H45ClO6. The molecule has 0 radical (unpaired) electrons. The van der Waals surface area contributed by atoms with Gasteiger partial charge in [-0.2, -0.15) is 0 Å². The maximum Gasteiger partial charge on any atom is 0.203 e. The molecule has 0 spiro atoms. The van der Waals surface area contributed by atoms with Gasteiger partial charge in [0.1, 0.15) is 38.9 Å². The largest absolute Gasteiger partial charge is 0.505 e. The number of hydrogen-bond donors (Lipinski definition) is 3. The summed E-state index contributed by atoms with van der Waals surface area (Å²) in [5.41, 5.74) is 13.7. The molecule has 14 aromatic carbocycles. The van der Waals surface area contributed by atoms with Crippen molar-refractivity contribution < 1.29 is 28.9 Å². The Labute approximate surface area is 480 Å². The molecule has 0 amide bonds. The fourth-order valence-corrected chi connectivity index (χ4v) is 13.2. The van der Waals surface area contributed by atoms with Gasteiger partial charge in [-0.05, 0) is 124 Å². The van der Waals surface area contributed by atoms with Crippen LogP contribution in [0.25, 0.3) is 154 Å². The first kappa shape index (κ1) is 48.1. The Bertz CT molecular complexity index is 5190. The van der Waals surface area contributed by atoms with Crippen LogP contribution < -0.4 is 4.74 Å². The number of phenolic OH excluding ortho intramolecular Hbond substituents is 3. The van der Waals surface area contributed by atoms with Crippen molar-refractivity contribution in [3.63, 3.8) is 0 Å². The van der Waals surface area contributed by atoms with Gasteiger partial charge in [-0.3, -0.25) is 0 Å². The van der Waals surface area contributed by atoms with E-state index in [2.05, 4.69) is 127 Å². The van der Waals surface area contributed by atoms with E-state index in [0.29, 0.717) is 22.1 Å². The predicted molar refractivity (Wildman–Crippen MR) is 340 cm³/mol. The van der Waals surface area contributed by atoms with Crippen LogP contribution in [0.3, 0.4) is 0 Å². The van der Waals surface area contributed by atoms with Crippen molar-refractivity contribution in [2.45, 2.75) is 0 Å². The SMILES string of the molecule is Oc1c(O)c(-c2c3ccccc3c(-c3ccc(-c4ccccc4)c4oc5ccccc5c34)c3ccccc23)c(O)c(Cl)c1Oc1ccc(-c2ccc(-c3c4ccccc4c(-c4ccccc4)c4ccccc34)c3c2oc2ccccc23)cc1. The number of phenols is 3. The summed E-state index contributed by atoms with van der Waals surface area (Å²) in [6.07, 6.45) is 0. The lowest BCUT2D eigenvalue weighted by Gasteiger charge is -2.21. The van der Waals surface area contributed by atoms with Gasteiger partial charge < -0.3 is 28.9 Å². The van der Waals surface area contributed by atoms with Crippen molar-refractivity contribution in [3.05, 3.63) is 260 Å². The zero-order valence-electron chi connectivity index (χ0n) is 44.2. The molecule has 0 fully saturated rings. The topological polar surface area (TPSA) is 96.2 Å². The Morgan fingerprint density at radius 3 is 1.07 bits per heavy atom. The second-order valence-electron chi connectivity index (χ2n) is 21.0. The monoisotopic (exact) mass is 1090 g/mol. The summed E-state index contributed by atoms with van der Waals surface area (Å²) in [7, 11) is 0. The van der Waals surface area contributed by atoms with Gasteiger partial charge in [-0.15, -0.1) is 0 Å². The first-order chi connectivity index (χ1) is 40.9. The van der Waals surface area contributed by atoms with Crippen molar-refractivity contribution in [2.75, 3.05) is 0 Å². The van der Waals surface area contributed by atoms with Crippen LogP contribution in [-0.4, -0.2) is 15.3 Å². The molecule has 3 N–H and O–H groups in total. The van der Waals surface area contributed by atoms with Crippen LogP contribution in [0.4, 0.5) is 0 Å². The molecule has 6 nitrogen and oxygen atoms in total. The summed E-state index contributed by atoms with van der Waals surface area (Å²) >= 11 is 7.12. The highest BCUT2D eigenvalue weighted by molar-refractivity contribution is 6.35. The predicted octanol–water partition coefficient (Wildman–Crippen LogP) is 21.7. The highest BCUT2D eigenvalue weighted by Crippen LogP contribution is 2.59. The van der Waals surface area contributed by atoms with Crippen LogP contribution in [0.1, 0.15) is 0 Å². The molecule has 2 aromatic heterocycles. The first-order valence-corrected chi connectivity index (χ1v) is 27.9. The average molecular weight is 1090 g/mol. The Hall–Kier alpha value is -10.8. The second kappa shape index (κ2) is 18.9. The number of aromatic hydroxyl groups is 3. The quantitative estimate of drug-likeness (QED) is 0.0797. The summed E-state index contributed by atoms with van der Waals surface area (Å²) in [5, 5.41) is 48.1. The second-order valence-corrected chi connectivity index (χ2v) is 21.4. The van der Waals surface area contributed by atoms with E-state index in [1.54, 1.807) is 12.1 Å². The van der Waals surface area contributed by atoms with Gasteiger partial charge >= 0.3 is 0 Å². The molecule has 16 aromatic rings. The van der Waals surface area contributed by atoms with Gasteiger partial charge in [0.15, 0.2) is 11.5 Å². The Morgan fingerprint density at radius 2 is 0.627 bits per heavy atom. The lowest BCUT2D eigenvalue weighted by Crippen LogP contribution is -1.94. The van der Waals surface area contributed by atoms with E-state index < -0.39 is 17.2 Å². The first-order valence-electron chi connectivity index (χ1n) is 27.5. The van der Waals surface area contributed by atoms with Gasteiger partial charge in [-0.1, -0.05) is 230 Å². The molecule has 0 aliphatic rings. The lowest BCUT2D eigenvalue weighted by atomic mass is 9.84. The fourth-order valence-electron chi connectivity index (χ4n) is 13.0. The molecule has 0 bridgehead atoms. The Kier molecular flexibility index (Phi) is 11.0. The van der Waals surface area contributed by atoms with Crippen LogP contribution in [0, 0.1) is 0 Å². The van der Waals surface area contributed by atoms with E-state index in [-0.39, 0.29) is 16.3 Å². The summed E-state index contributed by atoms with van der Waals surface area (Å²) in [5.74, 6) is -1.64. The molecule has 2 heterocycles. The molecule has 7 heteroatoms. The minimum atomic E-state index is -0.622. The molecule has 0 atom stereocenters. The standard InChI is InChI=1S/C76H45ClO6/c77-70-71(78)69(66-55-29-13-11-27-53(55)65(54-28-12-14-30-56(54)66)60-41-39-47(43-19-3-1-4-20-43)74-67(60)57-31-15-17-33-61(57)82-74)72(79)73(80)76(70)81-46-37-35-44(36-38-46)48-40-42-59(68-58-32-16-18-34-62(58)83-75(48)68)64-51-25-9-7-23-49(51)63(45-21-5-2-6-22-45)50-24-8-10-26-52(50)64/h1-42,78-80H. The van der Waals surface area contributed by atoms with E-state index in [1.165, 1.54) is 16.3 Å². The van der Waals surface area contributed by atoms with Gasteiger partial charge in [0.25, 0.3) is 0 Å². The summed E-state index contributed by atoms with van der Waals surface area (Å²) in [6.45, 7) is 0. The maximum atomic E-state index is 12.3. The summed E-state index contributed by atoms with van der Waals surface area (Å²) < 4.78 is 19.9. The van der Waals surface area contributed by atoms with Crippen LogP contribution in [-0.2, 0) is 0 Å². The Morgan fingerprint density at radius 1 is 0.277 bits per heavy atom. The molecule has 0 saturated heterocycles.